The average Bonchev–Trinajstić information content (AvgIpc) is 2.59. The molecule has 120 valence electrons. The van der Waals surface area contributed by atoms with Gasteiger partial charge in [0.1, 0.15) is 0 Å². The number of pyridine rings is 1. The normalized spacial score (nSPS) is 38.0. The molecule has 23 heavy (non-hydrogen) atoms. The number of aromatic nitrogens is 1. The largest absolute Gasteiger partial charge is 0.440 e. The predicted octanol–water partition coefficient (Wildman–Crippen LogP) is 1.72. The zero-order valence-electron chi connectivity index (χ0n) is 12.9. The van der Waals surface area contributed by atoms with Gasteiger partial charge in [0.25, 0.3) is 0 Å². The van der Waals surface area contributed by atoms with Crippen molar-refractivity contribution in [2.24, 2.45) is 5.92 Å². The van der Waals surface area contributed by atoms with Gasteiger partial charge < -0.3 is 9.47 Å². The van der Waals surface area contributed by atoms with Gasteiger partial charge in [-0.25, -0.2) is 14.5 Å². The van der Waals surface area contributed by atoms with Gasteiger partial charge >= 0.3 is 11.9 Å². The summed E-state index contributed by atoms with van der Waals surface area (Å²) in [6.07, 6.45) is 8.86. The van der Waals surface area contributed by atoms with Crippen molar-refractivity contribution in [1.29, 1.82) is 0 Å². The number of ether oxygens (including phenoxy) is 2. The van der Waals surface area contributed by atoms with Crippen LogP contribution in [-0.2, 0) is 24.8 Å². The van der Waals surface area contributed by atoms with Crippen LogP contribution in [-0.4, -0.2) is 34.6 Å². The zero-order valence-corrected chi connectivity index (χ0v) is 12.9. The van der Waals surface area contributed by atoms with E-state index in [1.165, 1.54) is 0 Å². The molecular formula is C17H18N2O4. The fraction of sp³-hybridized carbons (Fsp3) is 0.471. The number of nitrogens with zero attached hydrogens (tertiary/aromatic N) is 2. The molecule has 6 heteroatoms. The highest BCUT2D eigenvalue weighted by Gasteiger charge is 2.63. The predicted molar refractivity (Wildman–Crippen MR) is 79.7 cm³/mol. The minimum Gasteiger partial charge on any atom is -0.440 e. The standard InChI is InChI=1S/C17H18N2O4/c1-19-16-8-6-12(7-9-16)17(19,13-3-2-10-18-11-13)23-15(21)5-4-14(20)22-16/h2-5,10-12H,6-9H2,1H3/b5-4+. The summed E-state index contributed by atoms with van der Waals surface area (Å²) < 4.78 is 11.7. The Morgan fingerprint density at radius 1 is 1.17 bits per heavy atom. The van der Waals surface area contributed by atoms with Gasteiger partial charge in [-0.3, -0.25) is 4.98 Å². The molecule has 4 heterocycles. The van der Waals surface area contributed by atoms with Crippen LogP contribution in [0.2, 0.25) is 0 Å². The van der Waals surface area contributed by atoms with Crippen molar-refractivity contribution in [3.63, 3.8) is 0 Å². The first kappa shape index (κ1) is 14.4. The van der Waals surface area contributed by atoms with Crippen LogP contribution in [0.15, 0.2) is 36.7 Å². The smallest absolute Gasteiger partial charge is 0.333 e. The van der Waals surface area contributed by atoms with Crippen LogP contribution >= 0.6 is 0 Å². The van der Waals surface area contributed by atoms with Gasteiger partial charge in [0.15, 0.2) is 11.4 Å². The van der Waals surface area contributed by atoms with E-state index in [2.05, 4.69) is 4.98 Å². The monoisotopic (exact) mass is 314 g/mol. The van der Waals surface area contributed by atoms with Crippen molar-refractivity contribution in [3.8, 4) is 0 Å². The molecule has 0 N–H and O–H groups in total. The van der Waals surface area contributed by atoms with Crippen LogP contribution in [0.25, 0.3) is 0 Å². The van der Waals surface area contributed by atoms with Crippen molar-refractivity contribution in [2.45, 2.75) is 37.1 Å². The Kier molecular flexibility index (Phi) is 3.06. The number of hydrogen-bond acceptors (Lipinski definition) is 6. The van der Waals surface area contributed by atoms with Crippen LogP contribution in [0.4, 0.5) is 0 Å². The Morgan fingerprint density at radius 2 is 1.87 bits per heavy atom. The summed E-state index contributed by atoms with van der Waals surface area (Å²) in [5, 5.41) is 0. The first-order chi connectivity index (χ1) is 11.1. The van der Waals surface area contributed by atoms with E-state index in [1.54, 1.807) is 12.4 Å². The lowest BCUT2D eigenvalue weighted by Gasteiger charge is -2.61. The highest BCUT2D eigenvalue weighted by Crippen LogP contribution is 2.56. The minimum atomic E-state index is -0.948. The van der Waals surface area contributed by atoms with Crippen molar-refractivity contribution in [1.82, 2.24) is 9.88 Å². The number of piperidine rings is 2. The van der Waals surface area contributed by atoms with Gasteiger partial charge in [0.05, 0.1) is 0 Å². The lowest BCUT2D eigenvalue weighted by atomic mass is 9.68. The van der Waals surface area contributed by atoms with Gasteiger partial charge in [-0.05, 0) is 26.0 Å². The van der Waals surface area contributed by atoms with E-state index in [-0.39, 0.29) is 5.92 Å². The summed E-state index contributed by atoms with van der Waals surface area (Å²) in [5.74, 6) is -0.897. The Bertz CT molecular complexity index is 679. The molecule has 6 nitrogen and oxygen atoms in total. The Hall–Kier alpha value is -2.21. The second-order valence-electron chi connectivity index (χ2n) is 6.39. The van der Waals surface area contributed by atoms with E-state index in [9.17, 15) is 9.59 Å². The Labute approximate surface area is 134 Å². The van der Waals surface area contributed by atoms with Crippen molar-refractivity contribution in [2.75, 3.05) is 7.05 Å². The molecule has 5 rings (SSSR count). The van der Waals surface area contributed by atoms with Crippen LogP contribution in [0, 0.1) is 5.92 Å². The topological polar surface area (TPSA) is 68.7 Å². The maximum Gasteiger partial charge on any atom is 0.333 e. The lowest BCUT2D eigenvalue weighted by molar-refractivity contribution is -0.314. The van der Waals surface area contributed by atoms with Crippen LogP contribution in [0.5, 0.6) is 0 Å². The van der Waals surface area contributed by atoms with Crippen molar-refractivity contribution < 1.29 is 19.1 Å². The minimum absolute atomic E-state index is 0.146. The van der Waals surface area contributed by atoms with Gasteiger partial charge in [-0.2, -0.15) is 0 Å². The molecule has 1 aromatic heterocycles. The molecule has 3 aliphatic heterocycles. The molecule has 4 aliphatic rings. The summed E-state index contributed by atoms with van der Waals surface area (Å²) in [4.78, 5) is 30.4. The maximum atomic E-state index is 12.3. The molecule has 1 spiro atoms. The van der Waals surface area contributed by atoms with E-state index in [0.717, 1.165) is 43.4 Å². The molecular weight excluding hydrogens is 296 g/mol. The van der Waals surface area contributed by atoms with Gasteiger partial charge in [0, 0.05) is 48.9 Å². The first-order valence-corrected chi connectivity index (χ1v) is 7.85. The lowest BCUT2D eigenvalue weighted by Crippen LogP contribution is -2.69. The third-order valence-electron chi connectivity index (χ3n) is 5.41. The first-order valence-electron chi connectivity index (χ1n) is 7.85. The van der Waals surface area contributed by atoms with Crippen LogP contribution in [0.1, 0.15) is 31.2 Å². The molecule has 0 aromatic carbocycles. The van der Waals surface area contributed by atoms with Gasteiger partial charge in [-0.1, -0.05) is 6.07 Å². The van der Waals surface area contributed by atoms with Crippen LogP contribution < -0.4 is 0 Å². The second kappa shape index (κ2) is 4.89. The molecule has 0 amide bonds. The second-order valence-corrected chi connectivity index (χ2v) is 6.39. The molecule has 1 aromatic rings. The SMILES string of the molecule is CN1C23CCC(CC2)C1(c1cccnc1)OC(=O)/C=C/C(=O)O3. The van der Waals surface area contributed by atoms with Gasteiger partial charge in [0.2, 0.25) is 0 Å². The molecule has 1 aliphatic carbocycles. The number of carbonyl (C=O) groups is 2. The number of rotatable bonds is 1. The molecule has 3 bridgehead atoms. The van der Waals surface area contributed by atoms with E-state index >= 15 is 0 Å². The highest BCUT2D eigenvalue weighted by molar-refractivity contribution is 5.92. The molecule has 0 radical (unpaired) electrons. The summed E-state index contributed by atoms with van der Waals surface area (Å²) >= 11 is 0. The third-order valence-corrected chi connectivity index (χ3v) is 5.41. The summed E-state index contributed by atoms with van der Waals surface area (Å²) in [7, 11) is 1.87. The molecule has 1 unspecified atom stereocenters. The highest BCUT2D eigenvalue weighted by atomic mass is 16.6. The molecule has 1 atom stereocenters. The Balaban J connectivity index is 1.92. The molecule has 3 fully saturated rings. The fourth-order valence-electron chi connectivity index (χ4n) is 4.30. The van der Waals surface area contributed by atoms with E-state index in [4.69, 9.17) is 9.47 Å². The van der Waals surface area contributed by atoms with Crippen LogP contribution in [0.3, 0.4) is 0 Å². The van der Waals surface area contributed by atoms with E-state index in [1.807, 2.05) is 24.1 Å². The quantitative estimate of drug-likeness (QED) is 0.735. The number of carbonyl (C=O) groups excluding carboxylic acids is 2. The summed E-state index contributed by atoms with van der Waals surface area (Å²) in [6.45, 7) is 0. The number of fused-ring (bicyclic) bond motifs is 2. The summed E-state index contributed by atoms with van der Waals surface area (Å²) in [5.41, 5.74) is -0.871. The number of hydrogen-bond donors (Lipinski definition) is 0. The molecule has 1 saturated carbocycles. The average molecular weight is 314 g/mol. The fourth-order valence-corrected chi connectivity index (χ4v) is 4.30. The van der Waals surface area contributed by atoms with Gasteiger partial charge in [-0.15, -0.1) is 0 Å². The molecule has 2 saturated heterocycles. The van der Waals surface area contributed by atoms with Crippen molar-refractivity contribution >= 4 is 11.9 Å². The zero-order chi connectivity index (χ0) is 16.1. The third kappa shape index (κ3) is 1.94. The van der Waals surface area contributed by atoms with Crippen molar-refractivity contribution in [3.05, 3.63) is 42.2 Å². The van der Waals surface area contributed by atoms with E-state index in [0.29, 0.717) is 0 Å². The summed E-state index contributed by atoms with van der Waals surface area (Å²) in [6, 6.07) is 3.74. The Morgan fingerprint density at radius 3 is 2.52 bits per heavy atom. The number of esters is 2. The van der Waals surface area contributed by atoms with E-state index < -0.39 is 23.4 Å². The maximum absolute atomic E-state index is 12.3.